The van der Waals surface area contributed by atoms with Gasteiger partial charge in [-0.25, -0.2) is 0 Å². The molecule has 3 rings (SSSR count). The largest absolute Gasteiger partial charge is 0.506 e. The Hall–Kier alpha value is -1.49. The second-order valence-electron chi connectivity index (χ2n) is 4.19. The minimum atomic E-state index is 0.207. The van der Waals surface area contributed by atoms with E-state index in [1.807, 2.05) is 6.07 Å². The van der Waals surface area contributed by atoms with Crippen LogP contribution in [-0.2, 0) is 12.8 Å². The van der Waals surface area contributed by atoms with Gasteiger partial charge in [0.15, 0.2) is 0 Å². The van der Waals surface area contributed by atoms with Crippen molar-refractivity contribution in [2.24, 2.45) is 0 Å². The van der Waals surface area contributed by atoms with Crippen LogP contribution in [0.2, 0.25) is 0 Å². The van der Waals surface area contributed by atoms with E-state index in [2.05, 4.69) is 21.1 Å². The Morgan fingerprint density at radius 1 is 1.35 bits per heavy atom. The molecule has 1 aliphatic rings. The van der Waals surface area contributed by atoms with Gasteiger partial charge >= 0.3 is 0 Å². The van der Waals surface area contributed by atoms with Gasteiger partial charge in [-0.1, -0.05) is 5.16 Å². The zero-order valence-corrected chi connectivity index (χ0v) is 10.6. The number of fused-ring (bicyclic) bond motifs is 1. The number of rotatable bonds is 1. The van der Waals surface area contributed by atoms with Crippen LogP contribution in [0.4, 0.5) is 5.88 Å². The number of aryl methyl sites for hydroxylation is 1. The zero-order valence-electron chi connectivity index (χ0n) is 9.03. The lowest BCUT2D eigenvalue weighted by atomic mass is 10.0. The van der Waals surface area contributed by atoms with Crippen molar-refractivity contribution in [3.8, 4) is 17.0 Å². The van der Waals surface area contributed by atoms with E-state index in [0.29, 0.717) is 11.3 Å². The van der Waals surface area contributed by atoms with Gasteiger partial charge in [-0.05, 0) is 52.4 Å². The first-order valence-electron chi connectivity index (χ1n) is 5.42. The quantitative estimate of drug-likeness (QED) is 0.848. The van der Waals surface area contributed by atoms with Crippen LogP contribution in [0.15, 0.2) is 21.1 Å². The first-order chi connectivity index (χ1) is 8.16. The average Bonchev–Trinajstić information content (AvgIpc) is 2.91. The van der Waals surface area contributed by atoms with Crippen LogP contribution in [0, 0.1) is 0 Å². The predicted octanol–water partition coefficient (Wildman–Crippen LogP) is 2.88. The molecule has 1 aromatic heterocycles. The van der Waals surface area contributed by atoms with Crippen LogP contribution < -0.4 is 5.73 Å². The van der Waals surface area contributed by atoms with Crippen molar-refractivity contribution in [2.75, 3.05) is 5.73 Å². The van der Waals surface area contributed by atoms with Gasteiger partial charge in [-0.15, -0.1) is 0 Å². The van der Waals surface area contributed by atoms with Crippen LogP contribution in [0.1, 0.15) is 17.5 Å². The molecule has 0 fully saturated rings. The topological polar surface area (TPSA) is 72.3 Å². The number of hydrogen-bond donors (Lipinski definition) is 2. The minimum absolute atomic E-state index is 0.207. The number of nitrogen functional groups attached to an aromatic ring is 1. The Labute approximate surface area is 107 Å². The molecule has 1 aliphatic carbocycles. The summed E-state index contributed by atoms with van der Waals surface area (Å²) in [6.45, 7) is 0. The van der Waals surface area contributed by atoms with E-state index in [1.165, 1.54) is 11.1 Å². The fourth-order valence-electron chi connectivity index (χ4n) is 2.29. The smallest absolute Gasteiger partial charge is 0.222 e. The highest BCUT2D eigenvalue weighted by molar-refractivity contribution is 9.10. The summed E-state index contributed by atoms with van der Waals surface area (Å²) in [5, 5.41) is 14.0. The van der Waals surface area contributed by atoms with Crippen LogP contribution >= 0.6 is 15.9 Å². The van der Waals surface area contributed by atoms with Crippen molar-refractivity contribution in [2.45, 2.75) is 19.3 Å². The third-order valence-electron chi connectivity index (χ3n) is 3.11. The molecule has 0 radical (unpaired) electrons. The maximum Gasteiger partial charge on any atom is 0.222 e. The minimum Gasteiger partial charge on any atom is -0.506 e. The summed E-state index contributed by atoms with van der Waals surface area (Å²) in [6.07, 6.45) is 3.16. The molecule has 0 aliphatic heterocycles. The molecule has 1 aromatic carbocycles. The molecule has 88 valence electrons. The van der Waals surface area contributed by atoms with Gasteiger partial charge in [-0.3, -0.25) is 0 Å². The monoisotopic (exact) mass is 294 g/mol. The molecule has 0 amide bonds. The summed E-state index contributed by atoms with van der Waals surface area (Å²) in [4.78, 5) is 0. The van der Waals surface area contributed by atoms with Crippen LogP contribution in [0.3, 0.4) is 0 Å². The van der Waals surface area contributed by atoms with Crippen LogP contribution in [-0.4, -0.2) is 10.3 Å². The van der Waals surface area contributed by atoms with E-state index in [1.54, 1.807) is 6.07 Å². The highest BCUT2D eigenvalue weighted by Gasteiger charge is 2.21. The summed E-state index contributed by atoms with van der Waals surface area (Å²) >= 11 is 3.45. The highest BCUT2D eigenvalue weighted by Crippen LogP contribution is 2.42. The van der Waals surface area contributed by atoms with E-state index in [9.17, 15) is 5.11 Å². The maximum absolute atomic E-state index is 10.2. The Bertz CT molecular complexity index is 592. The number of nitrogens with two attached hydrogens (primary N) is 1. The number of halogens is 1. The number of anilines is 1. The summed E-state index contributed by atoms with van der Waals surface area (Å²) in [5.74, 6) is 0.454. The van der Waals surface area contributed by atoms with E-state index in [0.717, 1.165) is 23.7 Å². The number of aromatic nitrogens is 1. The molecule has 0 spiro atoms. The van der Waals surface area contributed by atoms with Gasteiger partial charge in [0.25, 0.3) is 0 Å². The van der Waals surface area contributed by atoms with Gasteiger partial charge in [0, 0.05) is 11.6 Å². The predicted molar refractivity (Wildman–Crippen MR) is 67.7 cm³/mol. The molecule has 2 aromatic rings. The van der Waals surface area contributed by atoms with Crippen molar-refractivity contribution in [3.05, 3.63) is 27.7 Å². The second-order valence-corrected chi connectivity index (χ2v) is 4.99. The van der Waals surface area contributed by atoms with Crippen molar-refractivity contribution < 1.29 is 9.63 Å². The van der Waals surface area contributed by atoms with E-state index >= 15 is 0 Å². The van der Waals surface area contributed by atoms with Crippen molar-refractivity contribution in [1.29, 1.82) is 0 Å². The Kier molecular flexibility index (Phi) is 2.36. The molecule has 3 N–H and O–H groups in total. The summed E-state index contributed by atoms with van der Waals surface area (Å²) in [6, 6.07) is 3.59. The van der Waals surface area contributed by atoms with Crippen LogP contribution in [0.25, 0.3) is 11.3 Å². The molecule has 0 unspecified atom stereocenters. The van der Waals surface area contributed by atoms with E-state index in [4.69, 9.17) is 10.3 Å². The van der Waals surface area contributed by atoms with Crippen molar-refractivity contribution in [1.82, 2.24) is 5.16 Å². The molecule has 17 heavy (non-hydrogen) atoms. The number of phenols is 1. The highest BCUT2D eigenvalue weighted by atomic mass is 79.9. The number of benzene rings is 1. The van der Waals surface area contributed by atoms with Crippen molar-refractivity contribution >= 4 is 21.8 Å². The summed E-state index contributed by atoms with van der Waals surface area (Å²) in [5.41, 5.74) is 9.18. The zero-order chi connectivity index (χ0) is 12.0. The van der Waals surface area contributed by atoms with Gasteiger partial charge < -0.3 is 15.4 Å². The Morgan fingerprint density at radius 3 is 2.88 bits per heavy atom. The maximum atomic E-state index is 10.2. The lowest BCUT2D eigenvalue weighted by Crippen LogP contribution is -1.89. The third kappa shape index (κ3) is 1.61. The first kappa shape index (κ1) is 10.7. The number of hydrogen-bond acceptors (Lipinski definition) is 4. The molecule has 1 heterocycles. The van der Waals surface area contributed by atoms with Crippen molar-refractivity contribution in [3.63, 3.8) is 0 Å². The van der Waals surface area contributed by atoms with Gasteiger partial charge in [0.2, 0.25) is 5.88 Å². The van der Waals surface area contributed by atoms with E-state index in [-0.39, 0.29) is 11.6 Å². The molecular weight excluding hydrogens is 284 g/mol. The van der Waals surface area contributed by atoms with E-state index < -0.39 is 0 Å². The molecule has 0 saturated heterocycles. The summed E-state index contributed by atoms with van der Waals surface area (Å²) in [7, 11) is 0. The van der Waals surface area contributed by atoms with Gasteiger partial charge in [-0.2, -0.15) is 0 Å². The SMILES string of the molecule is Nc1cc(-c2cc3c(c(Br)c2O)CCC3)no1. The lowest BCUT2D eigenvalue weighted by Gasteiger charge is -2.09. The fourth-order valence-corrected chi connectivity index (χ4v) is 2.96. The molecule has 0 atom stereocenters. The Balaban J connectivity index is 2.21. The third-order valence-corrected chi connectivity index (χ3v) is 3.97. The number of aromatic hydroxyl groups is 1. The molecule has 5 heteroatoms. The van der Waals surface area contributed by atoms with Crippen LogP contribution in [0.5, 0.6) is 5.75 Å². The fraction of sp³-hybridized carbons (Fsp3) is 0.250. The second kappa shape index (κ2) is 3.77. The standard InChI is InChI=1S/C12H11BrN2O2/c13-11-7-3-1-2-6(7)4-8(12(11)16)9-5-10(14)17-15-9/h4-5,16H,1-3,14H2. The molecule has 0 bridgehead atoms. The molecule has 0 saturated carbocycles. The number of nitrogens with zero attached hydrogens (tertiary/aromatic N) is 1. The Morgan fingerprint density at radius 2 is 2.18 bits per heavy atom. The van der Waals surface area contributed by atoms with Gasteiger partial charge in [0.05, 0.1) is 4.47 Å². The first-order valence-corrected chi connectivity index (χ1v) is 6.22. The normalized spacial score (nSPS) is 13.9. The molecule has 4 nitrogen and oxygen atoms in total. The molecular formula is C12H11BrN2O2. The van der Waals surface area contributed by atoms with Gasteiger partial charge in [0.1, 0.15) is 11.4 Å². The summed E-state index contributed by atoms with van der Waals surface area (Å²) < 4.78 is 5.60. The average molecular weight is 295 g/mol. The lowest BCUT2D eigenvalue weighted by molar-refractivity contribution is 0.437. The number of phenolic OH excluding ortho intramolecular Hbond substituents is 1.